The molecule has 0 spiro atoms. The summed E-state index contributed by atoms with van der Waals surface area (Å²) in [5.74, 6) is -0.658. The van der Waals surface area contributed by atoms with Gasteiger partial charge >= 0.3 is 12.2 Å². The molecule has 0 atom stereocenters. The van der Waals surface area contributed by atoms with Crippen molar-refractivity contribution in [1.29, 1.82) is 0 Å². The zero-order chi connectivity index (χ0) is 23.0. The Hall–Kier alpha value is -4.15. The van der Waals surface area contributed by atoms with E-state index in [0.717, 1.165) is 11.1 Å². The van der Waals surface area contributed by atoms with Gasteiger partial charge in [0.1, 0.15) is 5.82 Å². The molecular formula is C21H16F4N6O. The number of anilines is 3. The van der Waals surface area contributed by atoms with Gasteiger partial charge in [0.15, 0.2) is 11.5 Å². The number of fused-ring (bicyclic) bond motifs is 1. The molecule has 0 aliphatic rings. The molecule has 0 saturated carbocycles. The number of nitrogens with zero attached hydrogens (tertiary/aromatic N) is 3. The first-order valence-electron chi connectivity index (χ1n) is 9.26. The minimum atomic E-state index is -4.66. The molecule has 164 valence electrons. The number of urea groups is 1. The smallest absolute Gasteiger partial charge is 0.382 e. The number of nitrogen functional groups attached to an aromatic ring is 1. The Morgan fingerprint density at radius 3 is 2.47 bits per heavy atom. The van der Waals surface area contributed by atoms with Crippen molar-refractivity contribution in [3.63, 3.8) is 0 Å². The summed E-state index contributed by atoms with van der Waals surface area (Å²) in [4.78, 5) is 16.4. The van der Waals surface area contributed by atoms with E-state index >= 15 is 0 Å². The first kappa shape index (κ1) is 21.1. The molecule has 32 heavy (non-hydrogen) atoms. The normalized spacial score (nSPS) is 11.5. The number of alkyl halides is 3. The predicted molar refractivity (Wildman–Crippen MR) is 112 cm³/mol. The molecule has 4 N–H and O–H groups in total. The lowest BCUT2D eigenvalue weighted by atomic mass is 10.0. The molecule has 4 aromatic rings. The SMILES string of the molecule is Cn1nc(N)c2c(-c3ccc(NC(=O)Nc4cc(C(F)(F)F)ccc4F)cc3)ccnc21. The Kier molecular flexibility index (Phi) is 5.17. The van der Waals surface area contributed by atoms with E-state index in [1.165, 1.54) is 0 Å². The van der Waals surface area contributed by atoms with E-state index < -0.39 is 29.3 Å². The molecule has 0 saturated heterocycles. The molecule has 0 radical (unpaired) electrons. The Labute approximate surface area is 178 Å². The summed E-state index contributed by atoms with van der Waals surface area (Å²) in [7, 11) is 1.73. The highest BCUT2D eigenvalue weighted by Crippen LogP contribution is 2.33. The van der Waals surface area contributed by atoms with Gasteiger partial charge < -0.3 is 16.4 Å². The average molecular weight is 444 g/mol. The standard InChI is InChI=1S/C21H16F4N6O/c1-31-19-17(18(26)30-31)14(8-9-27-19)11-2-5-13(6-3-11)28-20(32)29-16-10-12(21(23,24)25)4-7-15(16)22/h2-10H,1H3,(H2,26,30)(H2,28,29,32). The average Bonchev–Trinajstić information content (AvgIpc) is 3.03. The molecule has 2 aromatic carbocycles. The predicted octanol–water partition coefficient (Wildman–Crippen LogP) is 5.02. The number of carbonyl (C=O) groups is 1. The molecule has 0 aliphatic carbocycles. The second-order valence-corrected chi connectivity index (χ2v) is 6.91. The van der Waals surface area contributed by atoms with Gasteiger partial charge in [-0.05, 0) is 47.5 Å². The first-order valence-corrected chi connectivity index (χ1v) is 9.26. The van der Waals surface area contributed by atoms with Gasteiger partial charge in [-0.25, -0.2) is 18.9 Å². The minimum Gasteiger partial charge on any atom is -0.382 e. The maximum absolute atomic E-state index is 13.8. The van der Waals surface area contributed by atoms with Crippen LogP contribution in [0.4, 0.5) is 39.5 Å². The lowest BCUT2D eigenvalue weighted by molar-refractivity contribution is -0.137. The maximum atomic E-state index is 13.8. The van der Waals surface area contributed by atoms with Crippen LogP contribution >= 0.6 is 0 Å². The van der Waals surface area contributed by atoms with Gasteiger partial charge in [0.05, 0.1) is 16.6 Å². The molecule has 0 bridgehead atoms. The highest BCUT2D eigenvalue weighted by atomic mass is 19.4. The maximum Gasteiger partial charge on any atom is 0.416 e. The number of halogens is 4. The monoisotopic (exact) mass is 444 g/mol. The molecule has 7 nitrogen and oxygen atoms in total. The topological polar surface area (TPSA) is 97.9 Å². The van der Waals surface area contributed by atoms with Gasteiger partial charge in [-0.15, -0.1) is 0 Å². The number of nitrogens with one attached hydrogen (secondary N) is 2. The highest BCUT2D eigenvalue weighted by Gasteiger charge is 2.31. The summed E-state index contributed by atoms with van der Waals surface area (Å²) < 4.78 is 53.9. The van der Waals surface area contributed by atoms with Gasteiger partial charge in [0, 0.05) is 18.9 Å². The second kappa shape index (κ2) is 7.84. The van der Waals surface area contributed by atoms with Crippen LogP contribution in [0.15, 0.2) is 54.7 Å². The van der Waals surface area contributed by atoms with Crippen LogP contribution in [0.5, 0.6) is 0 Å². The highest BCUT2D eigenvalue weighted by molar-refractivity contribution is 6.01. The summed E-state index contributed by atoms with van der Waals surface area (Å²) in [6, 6.07) is 9.31. The summed E-state index contributed by atoms with van der Waals surface area (Å²) in [5.41, 5.74) is 6.88. The van der Waals surface area contributed by atoms with Crippen LogP contribution in [-0.2, 0) is 13.2 Å². The minimum absolute atomic E-state index is 0.329. The fraction of sp³-hybridized carbons (Fsp3) is 0.0952. The number of hydrogen-bond donors (Lipinski definition) is 3. The molecule has 0 unspecified atom stereocenters. The van der Waals surface area contributed by atoms with Crippen LogP contribution in [-0.4, -0.2) is 20.8 Å². The third kappa shape index (κ3) is 4.04. The van der Waals surface area contributed by atoms with Crippen molar-refractivity contribution in [2.75, 3.05) is 16.4 Å². The van der Waals surface area contributed by atoms with E-state index in [-0.39, 0.29) is 0 Å². The summed E-state index contributed by atoms with van der Waals surface area (Å²) in [5, 5.41) is 9.40. The number of hydrogen-bond acceptors (Lipinski definition) is 4. The molecule has 11 heteroatoms. The first-order chi connectivity index (χ1) is 15.1. The Morgan fingerprint density at radius 1 is 1.06 bits per heavy atom. The van der Waals surface area contributed by atoms with Crippen molar-refractivity contribution in [2.24, 2.45) is 7.05 Å². The van der Waals surface area contributed by atoms with Gasteiger partial charge in [-0.1, -0.05) is 12.1 Å². The molecular weight excluding hydrogens is 428 g/mol. The van der Waals surface area contributed by atoms with Gasteiger partial charge in [0.2, 0.25) is 0 Å². The molecule has 2 aromatic heterocycles. The number of nitrogens with two attached hydrogens (primary N) is 1. The van der Waals surface area contributed by atoms with Crippen LogP contribution in [0.3, 0.4) is 0 Å². The lowest BCUT2D eigenvalue weighted by Gasteiger charge is -2.12. The van der Waals surface area contributed by atoms with E-state index in [0.29, 0.717) is 40.7 Å². The second-order valence-electron chi connectivity index (χ2n) is 6.91. The van der Waals surface area contributed by atoms with Crippen LogP contribution in [0, 0.1) is 5.82 Å². The van der Waals surface area contributed by atoms with Crippen LogP contribution in [0.2, 0.25) is 0 Å². The molecule has 2 amide bonds. The van der Waals surface area contributed by atoms with Crippen LogP contribution < -0.4 is 16.4 Å². The van der Waals surface area contributed by atoms with Crippen molar-refractivity contribution in [1.82, 2.24) is 14.8 Å². The van der Waals surface area contributed by atoms with Gasteiger partial charge in [0.25, 0.3) is 0 Å². The number of benzene rings is 2. The number of aryl methyl sites for hydroxylation is 1. The summed E-state index contributed by atoms with van der Waals surface area (Å²) in [6.45, 7) is 0. The van der Waals surface area contributed by atoms with Crippen molar-refractivity contribution in [3.8, 4) is 11.1 Å². The van der Waals surface area contributed by atoms with E-state index in [1.54, 1.807) is 48.3 Å². The Morgan fingerprint density at radius 2 is 1.78 bits per heavy atom. The zero-order valence-electron chi connectivity index (χ0n) is 16.5. The molecule has 0 aliphatic heterocycles. The fourth-order valence-corrected chi connectivity index (χ4v) is 3.26. The molecule has 0 fully saturated rings. The van der Waals surface area contributed by atoms with Crippen molar-refractivity contribution < 1.29 is 22.4 Å². The number of carbonyl (C=O) groups excluding carboxylic acids is 1. The van der Waals surface area contributed by atoms with E-state index in [9.17, 15) is 22.4 Å². The molecule has 4 rings (SSSR count). The van der Waals surface area contributed by atoms with E-state index in [2.05, 4.69) is 20.7 Å². The summed E-state index contributed by atoms with van der Waals surface area (Å²) >= 11 is 0. The number of amides is 2. The van der Waals surface area contributed by atoms with Crippen molar-refractivity contribution >= 4 is 34.3 Å². The van der Waals surface area contributed by atoms with Gasteiger partial charge in [-0.2, -0.15) is 18.3 Å². The number of aromatic nitrogens is 3. The quantitative estimate of drug-likeness (QED) is 0.387. The third-order valence-electron chi connectivity index (χ3n) is 4.75. The van der Waals surface area contributed by atoms with E-state index in [4.69, 9.17) is 5.73 Å². The van der Waals surface area contributed by atoms with Gasteiger partial charge in [-0.3, -0.25) is 0 Å². The number of pyridine rings is 1. The van der Waals surface area contributed by atoms with E-state index in [1.807, 2.05) is 0 Å². The molecule has 2 heterocycles. The Balaban J connectivity index is 1.52. The zero-order valence-corrected chi connectivity index (χ0v) is 16.5. The fourth-order valence-electron chi connectivity index (χ4n) is 3.26. The van der Waals surface area contributed by atoms with Crippen molar-refractivity contribution in [3.05, 3.63) is 66.1 Å². The van der Waals surface area contributed by atoms with Crippen LogP contribution in [0.1, 0.15) is 5.56 Å². The lowest BCUT2D eigenvalue weighted by Crippen LogP contribution is -2.20. The number of rotatable bonds is 3. The summed E-state index contributed by atoms with van der Waals surface area (Å²) in [6.07, 6.45) is -3.03. The Bertz CT molecular complexity index is 1310. The van der Waals surface area contributed by atoms with Crippen molar-refractivity contribution in [2.45, 2.75) is 6.18 Å². The third-order valence-corrected chi connectivity index (χ3v) is 4.75. The largest absolute Gasteiger partial charge is 0.416 e. The van der Waals surface area contributed by atoms with Crippen LogP contribution in [0.25, 0.3) is 22.2 Å².